The molecule has 4 heteroatoms. The Morgan fingerprint density at radius 1 is 1.24 bits per heavy atom. The van der Waals surface area contributed by atoms with Crippen LogP contribution < -0.4 is 5.32 Å². The van der Waals surface area contributed by atoms with E-state index in [2.05, 4.69) is 21.4 Å². The molecule has 0 radical (unpaired) electrons. The zero-order chi connectivity index (χ0) is 11.7. The van der Waals surface area contributed by atoms with Crippen molar-refractivity contribution >= 4 is 5.82 Å². The van der Waals surface area contributed by atoms with Crippen LogP contribution in [-0.4, -0.2) is 16.0 Å². The molecule has 0 unspecified atom stereocenters. The molecular weight excluding hydrogens is 212 g/mol. The molecule has 3 rings (SSSR count). The van der Waals surface area contributed by atoms with E-state index in [1.807, 2.05) is 0 Å². The highest BCUT2D eigenvalue weighted by Gasteiger charge is 2.27. The first kappa shape index (κ1) is 10.5. The third kappa shape index (κ3) is 2.23. The summed E-state index contributed by atoms with van der Waals surface area (Å²) in [5, 5.41) is 12.4. The second-order valence-electron chi connectivity index (χ2n) is 5.00. The number of rotatable bonds is 3. The van der Waals surface area contributed by atoms with Gasteiger partial charge in [0.1, 0.15) is 6.07 Å². The van der Waals surface area contributed by atoms with Crippen LogP contribution in [0, 0.1) is 11.3 Å². The lowest BCUT2D eigenvalue weighted by Gasteiger charge is -2.13. The van der Waals surface area contributed by atoms with Gasteiger partial charge in [-0.25, -0.2) is 9.97 Å². The first-order valence-corrected chi connectivity index (χ1v) is 6.40. The van der Waals surface area contributed by atoms with Crippen molar-refractivity contribution in [3.63, 3.8) is 0 Å². The molecule has 0 saturated heterocycles. The second-order valence-corrected chi connectivity index (χ2v) is 5.00. The highest BCUT2D eigenvalue weighted by atomic mass is 15.1. The van der Waals surface area contributed by atoms with Gasteiger partial charge >= 0.3 is 0 Å². The maximum atomic E-state index is 9.04. The van der Waals surface area contributed by atoms with Crippen molar-refractivity contribution in [1.82, 2.24) is 9.97 Å². The van der Waals surface area contributed by atoms with Gasteiger partial charge in [0.2, 0.25) is 0 Å². The van der Waals surface area contributed by atoms with Crippen molar-refractivity contribution in [3.8, 4) is 6.07 Å². The summed E-state index contributed by atoms with van der Waals surface area (Å²) in [6.07, 6.45) is 9.09. The van der Waals surface area contributed by atoms with E-state index in [-0.39, 0.29) is 0 Å². The first-order valence-electron chi connectivity index (χ1n) is 6.40. The minimum absolute atomic E-state index is 0.432. The Kier molecular flexibility index (Phi) is 2.68. The predicted molar refractivity (Wildman–Crippen MR) is 64.6 cm³/mol. The number of hydrogen-bond acceptors (Lipinski definition) is 4. The molecule has 0 atom stereocenters. The molecule has 1 N–H and O–H groups in total. The topological polar surface area (TPSA) is 61.6 Å². The van der Waals surface area contributed by atoms with E-state index in [0.717, 1.165) is 5.69 Å². The number of nitrogens with zero attached hydrogens (tertiary/aromatic N) is 3. The summed E-state index contributed by atoms with van der Waals surface area (Å²) in [6.45, 7) is 0. The lowest BCUT2D eigenvalue weighted by atomic mass is 10.2. The molecule has 0 spiro atoms. The Morgan fingerprint density at radius 2 is 2.00 bits per heavy atom. The van der Waals surface area contributed by atoms with Gasteiger partial charge < -0.3 is 5.32 Å². The molecule has 1 aromatic heterocycles. The van der Waals surface area contributed by atoms with Gasteiger partial charge in [0, 0.05) is 12.0 Å². The average molecular weight is 228 g/mol. The summed E-state index contributed by atoms with van der Waals surface area (Å²) >= 11 is 0. The lowest BCUT2D eigenvalue weighted by Crippen LogP contribution is -2.17. The Balaban J connectivity index is 1.83. The lowest BCUT2D eigenvalue weighted by molar-refractivity contribution is 0.746. The molecule has 2 fully saturated rings. The standard InChI is InChI=1S/C13H16N4/c14-7-11-13(16-10-3-1-2-4-10)17-12(8-15-11)9-5-6-9/h8-10H,1-6H2,(H,16,17). The molecule has 4 nitrogen and oxygen atoms in total. The molecule has 1 aromatic rings. The van der Waals surface area contributed by atoms with Gasteiger partial charge in [-0.15, -0.1) is 0 Å². The SMILES string of the molecule is N#Cc1ncc(C2CC2)nc1NC1CCCC1. The molecule has 17 heavy (non-hydrogen) atoms. The summed E-state index contributed by atoms with van der Waals surface area (Å²) in [5.74, 6) is 1.28. The third-order valence-electron chi connectivity index (χ3n) is 3.59. The van der Waals surface area contributed by atoms with Crippen LogP contribution in [0.5, 0.6) is 0 Å². The Hall–Kier alpha value is -1.63. The van der Waals surface area contributed by atoms with Gasteiger partial charge in [-0.2, -0.15) is 5.26 Å². The Labute approximate surface area is 101 Å². The normalized spacial score (nSPS) is 20.2. The molecule has 2 aliphatic rings. The van der Waals surface area contributed by atoms with E-state index < -0.39 is 0 Å². The summed E-state index contributed by atoms with van der Waals surface area (Å²) in [4.78, 5) is 8.79. The predicted octanol–water partition coefficient (Wildman–Crippen LogP) is 2.58. The zero-order valence-electron chi connectivity index (χ0n) is 9.82. The molecule has 0 aromatic carbocycles. The van der Waals surface area contributed by atoms with Crippen molar-refractivity contribution in [1.29, 1.82) is 5.26 Å². The van der Waals surface area contributed by atoms with E-state index in [9.17, 15) is 0 Å². The van der Waals surface area contributed by atoms with Gasteiger partial charge in [-0.1, -0.05) is 12.8 Å². The van der Waals surface area contributed by atoms with Crippen LogP contribution in [0.15, 0.2) is 6.20 Å². The number of anilines is 1. The van der Waals surface area contributed by atoms with Crippen LogP contribution in [0.2, 0.25) is 0 Å². The van der Waals surface area contributed by atoms with Crippen molar-refractivity contribution < 1.29 is 0 Å². The quantitative estimate of drug-likeness (QED) is 0.863. The van der Waals surface area contributed by atoms with E-state index in [0.29, 0.717) is 23.5 Å². The van der Waals surface area contributed by atoms with E-state index in [4.69, 9.17) is 5.26 Å². The molecule has 2 aliphatic carbocycles. The van der Waals surface area contributed by atoms with Crippen LogP contribution in [-0.2, 0) is 0 Å². The first-order chi connectivity index (χ1) is 8.36. The van der Waals surface area contributed by atoms with E-state index >= 15 is 0 Å². The van der Waals surface area contributed by atoms with Crippen LogP contribution in [0.25, 0.3) is 0 Å². The van der Waals surface area contributed by atoms with Crippen molar-refractivity contribution in [2.24, 2.45) is 0 Å². The molecule has 1 heterocycles. The summed E-state index contributed by atoms with van der Waals surface area (Å²) in [5.41, 5.74) is 1.48. The fourth-order valence-electron chi connectivity index (χ4n) is 2.42. The minimum atomic E-state index is 0.432. The van der Waals surface area contributed by atoms with Gasteiger partial charge in [-0.3, -0.25) is 0 Å². The van der Waals surface area contributed by atoms with Crippen molar-refractivity contribution in [2.45, 2.75) is 50.5 Å². The Morgan fingerprint density at radius 3 is 2.65 bits per heavy atom. The number of nitriles is 1. The largest absolute Gasteiger partial charge is 0.365 e. The molecule has 0 amide bonds. The van der Waals surface area contributed by atoms with Gasteiger partial charge in [0.05, 0.1) is 11.9 Å². The smallest absolute Gasteiger partial charge is 0.183 e. The molecule has 0 aliphatic heterocycles. The fraction of sp³-hybridized carbons (Fsp3) is 0.615. The molecule has 2 saturated carbocycles. The monoisotopic (exact) mass is 228 g/mol. The van der Waals surface area contributed by atoms with Crippen LogP contribution in [0.3, 0.4) is 0 Å². The number of nitrogens with one attached hydrogen (secondary N) is 1. The van der Waals surface area contributed by atoms with E-state index in [1.165, 1.54) is 38.5 Å². The second kappa shape index (κ2) is 4.33. The number of aromatic nitrogens is 2. The van der Waals surface area contributed by atoms with Gasteiger partial charge in [0.15, 0.2) is 11.5 Å². The van der Waals surface area contributed by atoms with Gasteiger partial charge in [-0.05, 0) is 25.7 Å². The maximum absolute atomic E-state index is 9.04. The summed E-state index contributed by atoms with van der Waals surface area (Å²) in [7, 11) is 0. The van der Waals surface area contributed by atoms with Crippen LogP contribution in [0.4, 0.5) is 5.82 Å². The summed E-state index contributed by atoms with van der Waals surface area (Å²) < 4.78 is 0. The van der Waals surface area contributed by atoms with Crippen LogP contribution >= 0.6 is 0 Å². The molecule has 0 bridgehead atoms. The van der Waals surface area contributed by atoms with Gasteiger partial charge in [0.25, 0.3) is 0 Å². The van der Waals surface area contributed by atoms with E-state index in [1.54, 1.807) is 6.20 Å². The van der Waals surface area contributed by atoms with Crippen molar-refractivity contribution in [2.75, 3.05) is 5.32 Å². The minimum Gasteiger partial charge on any atom is -0.365 e. The van der Waals surface area contributed by atoms with Crippen molar-refractivity contribution in [3.05, 3.63) is 17.6 Å². The average Bonchev–Trinajstić information content (AvgIpc) is 3.09. The fourth-order valence-corrected chi connectivity index (χ4v) is 2.42. The summed E-state index contributed by atoms with van der Waals surface area (Å²) in [6, 6.07) is 2.60. The zero-order valence-corrected chi connectivity index (χ0v) is 9.82. The Bertz CT molecular complexity index is 453. The maximum Gasteiger partial charge on any atom is 0.183 e. The third-order valence-corrected chi connectivity index (χ3v) is 3.59. The number of hydrogen-bond donors (Lipinski definition) is 1. The van der Waals surface area contributed by atoms with Crippen LogP contribution in [0.1, 0.15) is 55.8 Å². The highest BCUT2D eigenvalue weighted by molar-refractivity contribution is 5.49. The highest BCUT2D eigenvalue weighted by Crippen LogP contribution is 2.39. The molecule has 88 valence electrons. The molecular formula is C13H16N4.